The van der Waals surface area contributed by atoms with E-state index < -0.39 is 0 Å². The number of guanidine groups is 1. The Labute approximate surface area is 131 Å². The van der Waals surface area contributed by atoms with Gasteiger partial charge in [-0.25, -0.2) is 0 Å². The average molecular weight is 297 g/mol. The highest BCUT2D eigenvalue weighted by Gasteiger charge is 2.23. The molecule has 1 aliphatic rings. The van der Waals surface area contributed by atoms with Crippen LogP contribution in [0.5, 0.6) is 0 Å². The van der Waals surface area contributed by atoms with Crippen molar-refractivity contribution < 1.29 is 4.74 Å². The number of hydrogen-bond acceptors (Lipinski definition) is 2. The lowest BCUT2D eigenvalue weighted by Gasteiger charge is -2.32. The van der Waals surface area contributed by atoms with Crippen LogP contribution in [0.25, 0.3) is 0 Å². The fourth-order valence-electron chi connectivity index (χ4n) is 3.07. The van der Waals surface area contributed by atoms with Gasteiger partial charge in [-0.15, -0.1) is 0 Å². The molecule has 0 aliphatic heterocycles. The molecule has 1 saturated carbocycles. The van der Waals surface area contributed by atoms with Crippen LogP contribution in [-0.4, -0.2) is 39.3 Å². The average Bonchev–Trinajstić information content (AvgIpc) is 2.50. The summed E-state index contributed by atoms with van der Waals surface area (Å²) >= 11 is 0. The Kier molecular flexibility index (Phi) is 9.48. The van der Waals surface area contributed by atoms with Crippen molar-refractivity contribution in [2.24, 2.45) is 16.8 Å². The molecule has 0 aromatic rings. The van der Waals surface area contributed by atoms with Gasteiger partial charge < -0.3 is 15.4 Å². The van der Waals surface area contributed by atoms with Crippen LogP contribution in [0.1, 0.15) is 58.8 Å². The van der Waals surface area contributed by atoms with Gasteiger partial charge in [-0.05, 0) is 56.8 Å². The van der Waals surface area contributed by atoms with Gasteiger partial charge in [0.25, 0.3) is 0 Å². The minimum absolute atomic E-state index is 0.597. The summed E-state index contributed by atoms with van der Waals surface area (Å²) in [7, 11) is 3.62. The molecule has 0 heterocycles. The van der Waals surface area contributed by atoms with Crippen molar-refractivity contribution >= 4 is 5.96 Å². The van der Waals surface area contributed by atoms with Crippen molar-refractivity contribution in [2.45, 2.75) is 64.8 Å². The van der Waals surface area contributed by atoms with Crippen LogP contribution in [0, 0.1) is 11.8 Å². The topological polar surface area (TPSA) is 45.7 Å². The maximum Gasteiger partial charge on any atom is 0.191 e. The molecule has 0 spiro atoms. The number of aliphatic imine (C=N–C) groups is 1. The van der Waals surface area contributed by atoms with Crippen LogP contribution in [0.15, 0.2) is 4.99 Å². The van der Waals surface area contributed by atoms with Crippen LogP contribution in [0.3, 0.4) is 0 Å². The molecule has 124 valence electrons. The Hall–Kier alpha value is -0.770. The first-order chi connectivity index (χ1) is 10.2. The quantitative estimate of drug-likeness (QED) is 0.411. The zero-order valence-corrected chi connectivity index (χ0v) is 14.5. The van der Waals surface area contributed by atoms with Crippen LogP contribution in [0.2, 0.25) is 0 Å². The van der Waals surface area contributed by atoms with Crippen molar-refractivity contribution in [1.82, 2.24) is 10.6 Å². The molecule has 1 rings (SSSR count). The molecule has 21 heavy (non-hydrogen) atoms. The molecule has 1 aliphatic carbocycles. The highest BCUT2D eigenvalue weighted by molar-refractivity contribution is 5.79. The molecule has 0 aromatic carbocycles. The van der Waals surface area contributed by atoms with Crippen molar-refractivity contribution in [3.63, 3.8) is 0 Å². The summed E-state index contributed by atoms with van der Waals surface area (Å²) in [5.74, 6) is 2.71. The van der Waals surface area contributed by atoms with Gasteiger partial charge in [0, 0.05) is 33.4 Å². The summed E-state index contributed by atoms with van der Waals surface area (Å²) in [4.78, 5) is 4.34. The summed E-state index contributed by atoms with van der Waals surface area (Å²) in [6.07, 6.45) is 8.77. The number of nitrogens with zero attached hydrogens (tertiary/aromatic N) is 1. The SMILES string of the molecule is CN=C(NCCCCCOC)NC1CCC(C(C)C)CC1. The van der Waals surface area contributed by atoms with E-state index in [1.54, 1.807) is 7.11 Å². The maximum absolute atomic E-state index is 5.06. The standard InChI is InChI=1S/C17H35N3O/c1-14(2)15-8-10-16(11-9-15)20-17(18-3)19-12-6-5-7-13-21-4/h14-16H,5-13H2,1-4H3,(H2,18,19,20). The van der Waals surface area contributed by atoms with Crippen molar-refractivity contribution in [3.8, 4) is 0 Å². The number of unbranched alkanes of at least 4 members (excludes halogenated alkanes) is 2. The molecule has 1 fully saturated rings. The molecule has 0 unspecified atom stereocenters. The predicted octanol–water partition coefficient (Wildman–Crippen LogP) is 3.18. The van der Waals surface area contributed by atoms with E-state index in [9.17, 15) is 0 Å². The Balaban J connectivity index is 2.14. The van der Waals surface area contributed by atoms with Gasteiger partial charge in [0.05, 0.1) is 0 Å². The number of hydrogen-bond donors (Lipinski definition) is 2. The fraction of sp³-hybridized carbons (Fsp3) is 0.941. The van der Waals surface area contributed by atoms with Gasteiger partial charge in [-0.2, -0.15) is 0 Å². The lowest BCUT2D eigenvalue weighted by Crippen LogP contribution is -2.45. The third-order valence-corrected chi connectivity index (χ3v) is 4.60. The summed E-state index contributed by atoms with van der Waals surface area (Å²) in [5.41, 5.74) is 0. The molecule has 2 N–H and O–H groups in total. The van der Waals surface area contributed by atoms with Gasteiger partial charge >= 0.3 is 0 Å². The van der Waals surface area contributed by atoms with E-state index >= 15 is 0 Å². The van der Waals surface area contributed by atoms with E-state index in [0.717, 1.165) is 37.4 Å². The van der Waals surface area contributed by atoms with Crippen molar-refractivity contribution in [2.75, 3.05) is 27.3 Å². The highest BCUT2D eigenvalue weighted by atomic mass is 16.5. The first-order valence-electron chi connectivity index (χ1n) is 8.63. The molecular weight excluding hydrogens is 262 g/mol. The lowest BCUT2D eigenvalue weighted by atomic mass is 9.80. The van der Waals surface area contributed by atoms with Gasteiger partial charge in [-0.3, -0.25) is 4.99 Å². The van der Waals surface area contributed by atoms with Gasteiger partial charge in [0.2, 0.25) is 0 Å². The number of nitrogens with one attached hydrogen (secondary N) is 2. The van der Waals surface area contributed by atoms with Crippen LogP contribution in [-0.2, 0) is 4.74 Å². The Morgan fingerprint density at radius 3 is 2.43 bits per heavy atom. The largest absolute Gasteiger partial charge is 0.385 e. The normalized spacial score (nSPS) is 23.4. The smallest absolute Gasteiger partial charge is 0.191 e. The molecule has 0 bridgehead atoms. The van der Waals surface area contributed by atoms with E-state index in [1.807, 2.05) is 7.05 Å². The number of ether oxygens (including phenoxy) is 1. The molecule has 0 aromatic heterocycles. The fourth-order valence-corrected chi connectivity index (χ4v) is 3.07. The van der Waals surface area contributed by atoms with Crippen molar-refractivity contribution in [1.29, 1.82) is 0 Å². The number of rotatable bonds is 8. The maximum atomic E-state index is 5.06. The molecule has 0 radical (unpaired) electrons. The predicted molar refractivity (Wildman–Crippen MR) is 90.8 cm³/mol. The number of methoxy groups -OCH3 is 1. The summed E-state index contributed by atoms with van der Waals surface area (Å²) in [6, 6.07) is 0.597. The molecule has 4 heteroatoms. The second-order valence-electron chi connectivity index (χ2n) is 6.55. The Morgan fingerprint density at radius 1 is 1.14 bits per heavy atom. The second kappa shape index (κ2) is 10.9. The van der Waals surface area contributed by atoms with Crippen LogP contribution >= 0.6 is 0 Å². The first-order valence-corrected chi connectivity index (χ1v) is 8.63. The zero-order valence-electron chi connectivity index (χ0n) is 14.5. The zero-order chi connectivity index (χ0) is 15.5. The van der Waals surface area contributed by atoms with Crippen molar-refractivity contribution in [3.05, 3.63) is 0 Å². The Bertz CT molecular complexity index is 284. The Morgan fingerprint density at radius 2 is 1.86 bits per heavy atom. The molecular formula is C17H35N3O. The summed E-state index contributed by atoms with van der Waals surface area (Å²) in [6.45, 7) is 6.56. The monoisotopic (exact) mass is 297 g/mol. The van der Waals surface area contributed by atoms with Gasteiger partial charge in [0.15, 0.2) is 5.96 Å². The highest BCUT2D eigenvalue weighted by Crippen LogP contribution is 2.29. The molecule has 0 saturated heterocycles. The van der Waals surface area contributed by atoms with E-state index in [0.29, 0.717) is 6.04 Å². The minimum atomic E-state index is 0.597. The van der Waals surface area contributed by atoms with E-state index in [-0.39, 0.29) is 0 Å². The summed E-state index contributed by atoms with van der Waals surface area (Å²) < 4.78 is 5.06. The van der Waals surface area contributed by atoms with Gasteiger partial charge in [-0.1, -0.05) is 13.8 Å². The van der Waals surface area contributed by atoms with E-state index in [1.165, 1.54) is 38.5 Å². The summed E-state index contributed by atoms with van der Waals surface area (Å²) in [5, 5.41) is 7.01. The van der Waals surface area contributed by atoms with Crippen LogP contribution in [0.4, 0.5) is 0 Å². The molecule has 0 amide bonds. The van der Waals surface area contributed by atoms with E-state index in [2.05, 4.69) is 29.5 Å². The second-order valence-corrected chi connectivity index (χ2v) is 6.55. The third-order valence-electron chi connectivity index (χ3n) is 4.60. The van der Waals surface area contributed by atoms with Gasteiger partial charge in [0.1, 0.15) is 0 Å². The molecule has 4 nitrogen and oxygen atoms in total. The van der Waals surface area contributed by atoms with E-state index in [4.69, 9.17) is 4.74 Å². The lowest BCUT2D eigenvalue weighted by molar-refractivity contribution is 0.192. The first kappa shape index (κ1) is 18.3. The molecule has 0 atom stereocenters. The minimum Gasteiger partial charge on any atom is -0.385 e. The third kappa shape index (κ3) is 7.70. The van der Waals surface area contributed by atoms with Crippen LogP contribution < -0.4 is 10.6 Å².